The van der Waals surface area contributed by atoms with Crippen molar-refractivity contribution < 1.29 is 22.3 Å². The minimum atomic E-state index is -3.59. The number of halogens is 1. The first-order valence-corrected chi connectivity index (χ1v) is 12.0. The second kappa shape index (κ2) is 9.76. The number of hydrogen-bond donors (Lipinski definition) is 1. The molecule has 1 fully saturated rings. The van der Waals surface area contributed by atoms with Crippen LogP contribution in [0.15, 0.2) is 28.1 Å². The third-order valence-corrected chi connectivity index (χ3v) is 6.25. The van der Waals surface area contributed by atoms with Gasteiger partial charge >= 0.3 is 0 Å². The van der Waals surface area contributed by atoms with Gasteiger partial charge in [0.25, 0.3) is 5.91 Å². The maximum Gasteiger partial charge on any atom is 0.254 e. The number of nitrogens with two attached hydrogens (primary N) is 1. The molecule has 1 heterocycles. The van der Waals surface area contributed by atoms with E-state index in [9.17, 15) is 17.6 Å². The van der Waals surface area contributed by atoms with Gasteiger partial charge in [-0.15, -0.1) is 0 Å². The molecule has 1 aliphatic heterocycles. The molecule has 9 heteroatoms. The Morgan fingerprint density at radius 1 is 1.30 bits per heavy atom. The van der Waals surface area contributed by atoms with E-state index in [1.54, 1.807) is 0 Å². The molecule has 1 aromatic rings. The Kier molecular flexibility index (Phi) is 7.85. The fourth-order valence-electron chi connectivity index (χ4n) is 3.23. The van der Waals surface area contributed by atoms with Crippen LogP contribution in [-0.2, 0) is 14.6 Å². The van der Waals surface area contributed by atoms with Crippen molar-refractivity contribution in [3.8, 4) is 5.75 Å². The number of guanidine groups is 1. The van der Waals surface area contributed by atoms with E-state index < -0.39 is 21.1 Å². The largest absolute Gasteiger partial charge is 0.493 e. The number of piperidine rings is 1. The van der Waals surface area contributed by atoms with Crippen molar-refractivity contribution in [2.24, 2.45) is 22.1 Å². The predicted molar refractivity (Wildman–Crippen MR) is 115 cm³/mol. The van der Waals surface area contributed by atoms with Crippen LogP contribution in [0.5, 0.6) is 5.75 Å². The van der Waals surface area contributed by atoms with Crippen molar-refractivity contribution in [2.75, 3.05) is 26.0 Å². The Labute approximate surface area is 178 Å². The van der Waals surface area contributed by atoms with Crippen LogP contribution in [0.1, 0.15) is 46.5 Å². The normalized spacial score (nSPS) is 16.6. The smallest absolute Gasteiger partial charge is 0.254 e. The van der Waals surface area contributed by atoms with E-state index in [1.165, 1.54) is 12.1 Å². The van der Waals surface area contributed by atoms with Gasteiger partial charge in [0, 0.05) is 30.8 Å². The van der Waals surface area contributed by atoms with Gasteiger partial charge in [-0.25, -0.2) is 12.8 Å². The van der Waals surface area contributed by atoms with Gasteiger partial charge in [-0.2, -0.15) is 4.99 Å². The zero-order chi connectivity index (χ0) is 22.5. The number of carbonyl (C=O) groups is 1. The summed E-state index contributed by atoms with van der Waals surface area (Å²) in [6.45, 7) is 7.40. The van der Waals surface area contributed by atoms with Crippen LogP contribution in [0.25, 0.3) is 0 Å². The Balaban J connectivity index is 1.74. The molecule has 0 saturated carbocycles. The Bertz CT molecular complexity index is 886. The summed E-state index contributed by atoms with van der Waals surface area (Å²) in [5.74, 6) is 0.116. The van der Waals surface area contributed by atoms with Gasteiger partial charge in [0.15, 0.2) is 15.8 Å². The van der Waals surface area contributed by atoms with Gasteiger partial charge in [0.1, 0.15) is 16.5 Å². The summed E-state index contributed by atoms with van der Waals surface area (Å²) in [7, 11) is -3.59. The van der Waals surface area contributed by atoms with Crippen LogP contribution >= 0.6 is 0 Å². The number of ether oxygens (including phenoxy) is 1. The number of likely N-dealkylation sites (tertiary alicyclic amines) is 1. The summed E-state index contributed by atoms with van der Waals surface area (Å²) >= 11 is 0. The third kappa shape index (κ3) is 6.97. The number of hydrogen-bond acceptors (Lipinski definition) is 4. The van der Waals surface area contributed by atoms with E-state index in [-0.39, 0.29) is 16.8 Å². The Morgan fingerprint density at radius 3 is 2.47 bits per heavy atom. The first kappa shape index (κ1) is 24.1. The van der Waals surface area contributed by atoms with Crippen molar-refractivity contribution in [1.29, 1.82) is 0 Å². The topological polar surface area (TPSA) is 102 Å². The molecule has 2 N–H and O–H groups in total. The average molecular weight is 442 g/mol. The zero-order valence-corrected chi connectivity index (χ0v) is 19.0. The maximum absolute atomic E-state index is 13.9. The van der Waals surface area contributed by atoms with Crippen molar-refractivity contribution in [3.63, 3.8) is 0 Å². The molecule has 0 atom stereocenters. The lowest BCUT2D eigenvalue weighted by Gasteiger charge is -2.32. The van der Waals surface area contributed by atoms with E-state index in [2.05, 4.69) is 4.99 Å². The molecule has 1 aliphatic rings. The van der Waals surface area contributed by atoms with Crippen molar-refractivity contribution >= 4 is 21.7 Å². The number of amides is 1. The molecule has 0 radical (unpaired) electrons. The van der Waals surface area contributed by atoms with Crippen LogP contribution in [-0.4, -0.2) is 51.1 Å². The zero-order valence-electron chi connectivity index (χ0n) is 18.2. The van der Waals surface area contributed by atoms with Crippen molar-refractivity contribution in [3.05, 3.63) is 24.0 Å². The molecule has 2 rings (SSSR count). The number of carbonyl (C=O) groups excluding carboxylic acids is 1. The molecule has 30 heavy (non-hydrogen) atoms. The molecule has 168 valence electrons. The highest BCUT2D eigenvalue weighted by Crippen LogP contribution is 2.24. The lowest BCUT2D eigenvalue weighted by atomic mass is 9.92. The van der Waals surface area contributed by atoms with Crippen molar-refractivity contribution in [1.82, 2.24) is 4.90 Å². The van der Waals surface area contributed by atoms with Gasteiger partial charge in [-0.1, -0.05) is 20.8 Å². The lowest BCUT2D eigenvalue weighted by Crippen LogP contribution is -2.43. The molecule has 1 saturated heterocycles. The van der Waals surface area contributed by atoms with Gasteiger partial charge in [-0.05, 0) is 43.7 Å². The molecule has 0 spiro atoms. The first-order chi connectivity index (χ1) is 13.9. The standard InChI is InChI=1S/C21H32FN3O4S/c1-21(2,3)19(26)24-20(23)25-11-9-15(10-12-25)6-5-13-29-16-7-8-18(17(22)14-16)30(4,27)28/h7-8,14-15H,5-6,9-13H2,1-4H3,(H2,23,24,26). The lowest BCUT2D eigenvalue weighted by molar-refractivity contribution is -0.124. The van der Waals surface area contributed by atoms with Crippen molar-refractivity contribution in [2.45, 2.75) is 51.3 Å². The van der Waals surface area contributed by atoms with E-state index >= 15 is 0 Å². The highest BCUT2D eigenvalue weighted by Gasteiger charge is 2.24. The van der Waals surface area contributed by atoms with E-state index in [0.29, 0.717) is 18.3 Å². The monoisotopic (exact) mass is 441 g/mol. The summed E-state index contributed by atoms with van der Waals surface area (Å²) < 4.78 is 42.3. The minimum Gasteiger partial charge on any atom is -0.493 e. The second-order valence-electron chi connectivity index (χ2n) is 8.81. The number of benzene rings is 1. The average Bonchev–Trinajstić information content (AvgIpc) is 2.64. The van der Waals surface area contributed by atoms with Crippen LogP contribution in [0.2, 0.25) is 0 Å². The number of rotatable bonds is 6. The number of sulfone groups is 1. The molecule has 0 aliphatic carbocycles. The maximum atomic E-state index is 13.9. The van der Waals surface area contributed by atoms with E-state index in [1.807, 2.05) is 25.7 Å². The molecular weight excluding hydrogens is 409 g/mol. The molecule has 0 unspecified atom stereocenters. The van der Waals surface area contributed by atoms with Crippen LogP contribution in [0.3, 0.4) is 0 Å². The second-order valence-corrected chi connectivity index (χ2v) is 10.8. The third-order valence-electron chi connectivity index (χ3n) is 5.12. The summed E-state index contributed by atoms with van der Waals surface area (Å²) in [5.41, 5.74) is 5.45. The fraction of sp³-hybridized carbons (Fsp3) is 0.619. The summed E-state index contributed by atoms with van der Waals surface area (Å²) in [6.07, 6.45) is 4.66. The fourth-order valence-corrected chi connectivity index (χ4v) is 3.96. The van der Waals surface area contributed by atoms with Gasteiger partial charge < -0.3 is 15.4 Å². The SMILES string of the molecule is CC(C)(C)C(=O)N=C(N)N1CCC(CCCOc2ccc(S(C)(=O)=O)c(F)c2)CC1. The molecule has 0 bridgehead atoms. The molecule has 1 amide bonds. The van der Waals surface area contributed by atoms with Gasteiger partial charge in [0.05, 0.1) is 6.61 Å². The Morgan fingerprint density at radius 2 is 1.93 bits per heavy atom. The Hall–Kier alpha value is -2.16. The van der Waals surface area contributed by atoms with E-state index in [0.717, 1.165) is 51.1 Å². The number of nitrogens with zero attached hydrogens (tertiary/aromatic N) is 2. The highest BCUT2D eigenvalue weighted by atomic mass is 32.2. The molecule has 0 aromatic heterocycles. The highest BCUT2D eigenvalue weighted by molar-refractivity contribution is 7.90. The van der Waals surface area contributed by atoms with Gasteiger partial charge in [-0.3, -0.25) is 4.79 Å². The van der Waals surface area contributed by atoms with Crippen LogP contribution in [0, 0.1) is 17.2 Å². The van der Waals surface area contributed by atoms with Gasteiger partial charge in [0.2, 0.25) is 0 Å². The van der Waals surface area contributed by atoms with Crippen LogP contribution in [0.4, 0.5) is 4.39 Å². The quantitative estimate of drug-likeness (QED) is 0.414. The molecular formula is C21H32FN3O4S. The minimum absolute atomic E-state index is 0.222. The molecule has 7 nitrogen and oxygen atoms in total. The summed E-state index contributed by atoms with van der Waals surface area (Å²) in [4.78, 5) is 17.6. The summed E-state index contributed by atoms with van der Waals surface area (Å²) in [6, 6.07) is 3.81. The number of aliphatic imine (C=N–C) groups is 1. The summed E-state index contributed by atoms with van der Waals surface area (Å²) in [5, 5.41) is 0. The first-order valence-electron chi connectivity index (χ1n) is 10.1. The molecule has 1 aromatic carbocycles. The predicted octanol–water partition coefficient (Wildman–Crippen LogP) is 2.99. The van der Waals surface area contributed by atoms with E-state index in [4.69, 9.17) is 10.5 Å². The van der Waals surface area contributed by atoms with Crippen LogP contribution < -0.4 is 10.5 Å².